The number of hydrogen-bond acceptors (Lipinski definition) is 3. The lowest BCUT2D eigenvalue weighted by Crippen LogP contribution is -2.31. The SMILES string of the molecule is CCC(CN(C)CCC1CCN(C)C1)C(=O)O. The fraction of sp³-hybridized carbons (Fsp3) is 0.923. The molecule has 0 aromatic rings. The largest absolute Gasteiger partial charge is 0.481 e. The molecule has 100 valence electrons. The molecular formula is C13H26N2O2. The van der Waals surface area contributed by atoms with Crippen molar-refractivity contribution in [2.24, 2.45) is 11.8 Å². The van der Waals surface area contributed by atoms with Gasteiger partial charge in [0.05, 0.1) is 5.92 Å². The van der Waals surface area contributed by atoms with Gasteiger partial charge in [0.15, 0.2) is 0 Å². The van der Waals surface area contributed by atoms with Crippen molar-refractivity contribution >= 4 is 5.97 Å². The van der Waals surface area contributed by atoms with Crippen LogP contribution in [0.25, 0.3) is 0 Å². The highest BCUT2D eigenvalue weighted by atomic mass is 16.4. The van der Waals surface area contributed by atoms with Crippen LogP contribution in [0.1, 0.15) is 26.2 Å². The van der Waals surface area contributed by atoms with Crippen LogP contribution in [-0.4, -0.2) is 61.2 Å². The molecule has 4 nitrogen and oxygen atoms in total. The van der Waals surface area contributed by atoms with Crippen LogP contribution in [0.3, 0.4) is 0 Å². The maximum atomic E-state index is 10.9. The summed E-state index contributed by atoms with van der Waals surface area (Å²) in [5.74, 6) is -0.0847. The van der Waals surface area contributed by atoms with Crippen LogP contribution in [0.5, 0.6) is 0 Å². The van der Waals surface area contributed by atoms with Gasteiger partial charge < -0.3 is 14.9 Å². The minimum Gasteiger partial charge on any atom is -0.481 e. The predicted octanol–water partition coefficient (Wildman–Crippen LogP) is 1.37. The number of rotatable bonds is 7. The second kappa shape index (κ2) is 6.97. The molecule has 1 aliphatic heterocycles. The molecule has 0 radical (unpaired) electrons. The summed E-state index contributed by atoms with van der Waals surface area (Å²) in [7, 11) is 4.20. The summed E-state index contributed by atoms with van der Waals surface area (Å²) in [5.41, 5.74) is 0. The number of hydrogen-bond donors (Lipinski definition) is 1. The average Bonchev–Trinajstić information content (AvgIpc) is 2.68. The summed E-state index contributed by atoms with van der Waals surface area (Å²) in [6, 6.07) is 0. The van der Waals surface area contributed by atoms with Crippen molar-refractivity contribution in [2.75, 3.05) is 40.3 Å². The molecule has 0 amide bonds. The zero-order chi connectivity index (χ0) is 12.8. The van der Waals surface area contributed by atoms with E-state index in [1.54, 1.807) is 0 Å². The minimum atomic E-state index is -0.667. The van der Waals surface area contributed by atoms with Gasteiger partial charge in [0.25, 0.3) is 0 Å². The summed E-state index contributed by atoms with van der Waals surface area (Å²) in [6.45, 7) is 6.04. The molecular weight excluding hydrogens is 216 g/mol. The van der Waals surface area contributed by atoms with Gasteiger partial charge in [-0.15, -0.1) is 0 Å². The Morgan fingerprint density at radius 2 is 2.29 bits per heavy atom. The number of likely N-dealkylation sites (tertiary alicyclic amines) is 1. The highest BCUT2D eigenvalue weighted by Gasteiger charge is 2.21. The third-order valence-electron chi connectivity index (χ3n) is 3.78. The molecule has 17 heavy (non-hydrogen) atoms. The monoisotopic (exact) mass is 242 g/mol. The minimum absolute atomic E-state index is 0.216. The summed E-state index contributed by atoms with van der Waals surface area (Å²) in [5, 5.41) is 9.00. The third kappa shape index (κ3) is 5.04. The number of aliphatic carboxylic acids is 1. The van der Waals surface area contributed by atoms with Crippen molar-refractivity contribution in [3.8, 4) is 0 Å². The van der Waals surface area contributed by atoms with Crippen LogP contribution >= 0.6 is 0 Å². The fourth-order valence-electron chi connectivity index (χ4n) is 2.51. The zero-order valence-corrected chi connectivity index (χ0v) is 11.4. The average molecular weight is 242 g/mol. The van der Waals surface area contributed by atoms with Crippen LogP contribution in [0, 0.1) is 11.8 Å². The number of nitrogens with zero attached hydrogens (tertiary/aromatic N) is 2. The Hall–Kier alpha value is -0.610. The van der Waals surface area contributed by atoms with Crippen LogP contribution in [0.4, 0.5) is 0 Å². The molecule has 0 aromatic carbocycles. The van der Waals surface area contributed by atoms with Crippen LogP contribution < -0.4 is 0 Å². The van der Waals surface area contributed by atoms with Crippen LogP contribution in [-0.2, 0) is 4.79 Å². The Balaban J connectivity index is 2.20. The Labute approximate surface area is 105 Å². The molecule has 0 aliphatic carbocycles. The van der Waals surface area contributed by atoms with E-state index in [0.29, 0.717) is 13.0 Å². The van der Waals surface area contributed by atoms with E-state index in [1.165, 1.54) is 25.9 Å². The molecule has 1 aliphatic rings. The van der Waals surface area contributed by atoms with E-state index in [9.17, 15) is 4.79 Å². The molecule has 2 atom stereocenters. The molecule has 1 saturated heterocycles. The molecule has 2 unspecified atom stereocenters. The van der Waals surface area contributed by atoms with Crippen molar-refractivity contribution in [3.63, 3.8) is 0 Å². The Morgan fingerprint density at radius 3 is 2.76 bits per heavy atom. The number of carboxylic acid groups (broad SMARTS) is 1. The topological polar surface area (TPSA) is 43.8 Å². The lowest BCUT2D eigenvalue weighted by molar-refractivity contribution is -0.142. The number of carboxylic acids is 1. The van der Waals surface area contributed by atoms with Gasteiger partial charge >= 0.3 is 5.97 Å². The van der Waals surface area contributed by atoms with Gasteiger partial charge in [0, 0.05) is 13.1 Å². The van der Waals surface area contributed by atoms with Gasteiger partial charge in [-0.25, -0.2) is 0 Å². The van der Waals surface area contributed by atoms with E-state index < -0.39 is 5.97 Å². The Kier molecular flexibility index (Phi) is 5.92. The van der Waals surface area contributed by atoms with E-state index in [1.807, 2.05) is 14.0 Å². The first-order chi connectivity index (χ1) is 8.02. The zero-order valence-electron chi connectivity index (χ0n) is 11.4. The van der Waals surface area contributed by atoms with E-state index in [4.69, 9.17) is 5.11 Å². The molecule has 0 spiro atoms. The van der Waals surface area contributed by atoms with Gasteiger partial charge in [-0.2, -0.15) is 0 Å². The normalized spacial score (nSPS) is 23.2. The van der Waals surface area contributed by atoms with Crippen molar-refractivity contribution in [2.45, 2.75) is 26.2 Å². The summed E-state index contributed by atoms with van der Waals surface area (Å²) in [4.78, 5) is 15.5. The third-order valence-corrected chi connectivity index (χ3v) is 3.78. The van der Waals surface area contributed by atoms with Gasteiger partial charge in [-0.3, -0.25) is 4.79 Å². The maximum absolute atomic E-state index is 10.9. The summed E-state index contributed by atoms with van der Waals surface area (Å²) < 4.78 is 0. The highest BCUT2D eigenvalue weighted by molar-refractivity contribution is 5.70. The number of carbonyl (C=O) groups is 1. The second-order valence-corrected chi connectivity index (χ2v) is 5.41. The lowest BCUT2D eigenvalue weighted by Gasteiger charge is -2.22. The van der Waals surface area contributed by atoms with Gasteiger partial charge in [-0.1, -0.05) is 6.92 Å². The molecule has 0 saturated carbocycles. The maximum Gasteiger partial charge on any atom is 0.307 e. The second-order valence-electron chi connectivity index (χ2n) is 5.41. The standard InChI is InChI=1S/C13H26N2O2/c1-4-12(13(16)17)10-15(3)8-6-11-5-7-14(2)9-11/h11-12H,4-10H2,1-3H3,(H,16,17). The first-order valence-electron chi connectivity index (χ1n) is 6.62. The van der Waals surface area contributed by atoms with Crippen molar-refractivity contribution in [3.05, 3.63) is 0 Å². The smallest absolute Gasteiger partial charge is 0.307 e. The van der Waals surface area contributed by atoms with E-state index in [2.05, 4.69) is 16.8 Å². The van der Waals surface area contributed by atoms with E-state index in [0.717, 1.165) is 12.5 Å². The fourth-order valence-corrected chi connectivity index (χ4v) is 2.51. The van der Waals surface area contributed by atoms with Crippen molar-refractivity contribution in [1.82, 2.24) is 9.80 Å². The first kappa shape index (κ1) is 14.5. The van der Waals surface area contributed by atoms with Gasteiger partial charge in [0.2, 0.25) is 0 Å². The Bertz CT molecular complexity index is 246. The van der Waals surface area contributed by atoms with E-state index >= 15 is 0 Å². The lowest BCUT2D eigenvalue weighted by atomic mass is 10.0. The highest BCUT2D eigenvalue weighted by Crippen LogP contribution is 2.18. The van der Waals surface area contributed by atoms with E-state index in [-0.39, 0.29) is 5.92 Å². The molecule has 4 heteroatoms. The van der Waals surface area contributed by atoms with Crippen LogP contribution in [0.15, 0.2) is 0 Å². The Morgan fingerprint density at radius 1 is 1.59 bits per heavy atom. The summed E-state index contributed by atoms with van der Waals surface area (Å²) >= 11 is 0. The molecule has 1 heterocycles. The van der Waals surface area contributed by atoms with Crippen molar-refractivity contribution in [1.29, 1.82) is 0 Å². The predicted molar refractivity (Wildman–Crippen MR) is 69.1 cm³/mol. The van der Waals surface area contributed by atoms with Crippen LogP contribution in [0.2, 0.25) is 0 Å². The van der Waals surface area contributed by atoms with Crippen molar-refractivity contribution < 1.29 is 9.90 Å². The summed E-state index contributed by atoms with van der Waals surface area (Å²) in [6.07, 6.45) is 3.20. The molecule has 1 fully saturated rings. The molecule has 1 N–H and O–H groups in total. The molecule has 0 aromatic heterocycles. The quantitative estimate of drug-likeness (QED) is 0.732. The molecule has 1 rings (SSSR count). The molecule has 0 bridgehead atoms. The van der Waals surface area contributed by atoms with Gasteiger partial charge in [-0.05, 0) is 52.4 Å². The first-order valence-corrected chi connectivity index (χ1v) is 6.62. The van der Waals surface area contributed by atoms with Gasteiger partial charge in [0.1, 0.15) is 0 Å².